The summed E-state index contributed by atoms with van der Waals surface area (Å²) in [4.78, 5) is 9.27. The fourth-order valence-electron chi connectivity index (χ4n) is 3.36. The number of nitrogens with zero attached hydrogens (tertiary/aromatic N) is 3. The van der Waals surface area contributed by atoms with E-state index in [2.05, 4.69) is 30.3 Å². The Morgan fingerprint density at radius 2 is 2.26 bits per heavy atom. The predicted octanol–water partition coefficient (Wildman–Crippen LogP) is 4.23. The molecule has 0 radical (unpaired) electrons. The normalized spacial score (nSPS) is 22.2. The smallest absolute Gasteiger partial charge is 0.160 e. The van der Waals surface area contributed by atoms with Gasteiger partial charge in [-0.3, -0.25) is 0 Å². The number of aryl methyl sites for hydroxylation is 1. The van der Waals surface area contributed by atoms with Crippen LogP contribution in [0.3, 0.4) is 0 Å². The van der Waals surface area contributed by atoms with Crippen LogP contribution in [-0.2, 0) is 5.88 Å². The molecule has 3 rings (SSSR count). The van der Waals surface area contributed by atoms with Crippen LogP contribution in [0.15, 0.2) is 12.3 Å². The third-order valence-electron chi connectivity index (χ3n) is 4.49. The van der Waals surface area contributed by atoms with Gasteiger partial charge in [0.2, 0.25) is 0 Å². The van der Waals surface area contributed by atoms with Crippen LogP contribution in [-0.4, -0.2) is 14.5 Å². The highest BCUT2D eigenvalue weighted by Crippen LogP contribution is 2.47. The van der Waals surface area contributed by atoms with E-state index in [-0.39, 0.29) is 0 Å². The number of fused-ring (bicyclic) bond motifs is 1. The average molecular weight is 278 g/mol. The van der Waals surface area contributed by atoms with Gasteiger partial charge in [0.1, 0.15) is 11.3 Å². The van der Waals surface area contributed by atoms with Gasteiger partial charge in [-0.1, -0.05) is 20.3 Å². The Labute approximate surface area is 119 Å². The van der Waals surface area contributed by atoms with Gasteiger partial charge >= 0.3 is 0 Å². The summed E-state index contributed by atoms with van der Waals surface area (Å²) >= 11 is 6.12. The van der Waals surface area contributed by atoms with E-state index in [1.807, 2.05) is 12.3 Å². The van der Waals surface area contributed by atoms with E-state index in [1.165, 1.54) is 24.8 Å². The minimum absolute atomic E-state index is 0.292. The van der Waals surface area contributed by atoms with Gasteiger partial charge in [0.15, 0.2) is 5.65 Å². The average Bonchev–Trinajstić information content (AvgIpc) is 2.89. The van der Waals surface area contributed by atoms with Gasteiger partial charge in [-0.2, -0.15) is 0 Å². The van der Waals surface area contributed by atoms with E-state index in [1.54, 1.807) is 0 Å². The first-order valence-corrected chi connectivity index (χ1v) is 7.46. The van der Waals surface area contributed by atoms with E-state index < -0.39 is 0 Å². The molecule has 19 heavy (non-hydrogen) atoms. The van der Waals surface area contributed by atoms with Crippen LogP contribution in [0.2, 0.25) is 0 Å². The monoisotopic (exact) mass is 277 g/mol. The lowest BCUT2D eigenvalue weighted by Crippen LogP contribution is -2.23. The molecule has 1 atom stereocenters. The van der Waals surface area contributed by atoms with Crippen LogP contribution in [0, 0.1) is 12.3 Å². The second kappa shape index (κ2) is 4.48. The number of aromatic nitrogens is 3. The van der Waals surface area contributed by atoms with E-state index in [0.29, 0.717) is 17.3 Å². The lowest BCUT2D eigenvalue weighted by Gasteiger charge is -2.29. The maximum Gasteiger partial charge on any atom is 0.160 e. The van der Waals surface area contributed by atoms with Gasteiger partial charge in [-0.25, -0.2) is 9.97 Å². The van der Waals surface area contributed by atoms with Gasteiger partial charge in [0, 0.05) is 12.2 Å². The van der Waals surface area contributed by atoms with Crippen molar-refractivity contribution >= 4 is 22.8 Å². The summed E-state index contributed by atoms with van der Waals surface area (Å²) in [6.07, 6.45) is 5.59. The van der Waals surface area contributed by atoms with Crippen LogP contribution in [0.25, 0.3) is 11.2 Å². The van der Waals surface area contributed by atoms with Crippen LogP contribution >= 0.6 is 11.6 Å². The molecule has 1 aliphatic rings. The summed E-state index contributed by atoms with van der Waals surface area (Å²) in [7, 11) is 0. The maximum absolute atomic E-state index is 6.12. The molecule has 2 aromatic heterocycles. The van der Waals surface area contributed by atoms with Gasteiger partial charge in [-0.15, -0.1) is 11.6 Å². The topological polar surface area (TPSA) is 30.7 Å². The van der Waals surface area contributed by atoms with Crippen molar-refractivity contribution in [2.24, 2.45) is 5.41 Å². The molecule has 102 valence electrons. The Kier molecular flexibility index (Phi) is 3.05. The van der Waals surface area contributed by atoms with E-state index in [0.717, 1.165) is 17.0 Å². The summed E-state index contributed by atoms with van der Waals surface area (Å²) in [6.45, 7) is 6.76. The fourth-order valence-corrected chi connectivity index (χ4v) is 3.55. The fraction of sp³-hybridized carbons (Fsp3) is 0.600. The van der Waals surface area contributed by atoms with Crippen LogP contribution in [0.5, 0.6) is 0 Å². The molecule has 0 bridgehead atoms. The molecule has 1 aliphatic carbocycles. The van der Waals surface area contributed by atoms with Gasteiger partial charge in [-0.05, 0) is 36.8 Å². The van der Waals surface area contributed by atoms with Crippen LogP contribution in [0.4, 0.5) is 0 Å². The third kappa shape index (κ3) is 1.95. The van der Waals surface area contributed by atoms with Crippen molar-refractivity contribution in [2.45, 2.75) is 52.0 Å². The minimum Gasteiger partial charge on any atom is -0.308 e. The largest absolute Gasteiger partial charge is 0.308 e. The molecule has 0 aliphatic heterocycles. The molecule has 4 heteroatoms. The standard InChI is InChI=1S/C15H20ClN3/c1-10-6-8-17-14-13(10)18-12(9-16)19(14)11-5-4-7-15(11,2)3/h6,8,11H,4-5,7,9H2,1-3H3. The van der Waals surface area contributed by atoms with Crippen molar-refractivity contribution in [3.8, 4) is 0 Å². The summed E-state index contributed by atoms with van der Waals surface area (Å²) in [5.74, 6) is 1.40. The number of hydrogen-bond acceptors (Lipinski definition) is 2. The van der Waals surface area contributed by atoms with Gasteiger partial charge in [0.25, 0.3) is 0 Å². The highest BCUT2D eigenvalue weighted by molar-refractivity contribution is 6.16. The molecule has 0 saturated heterocycles. The zero-order valence-electron chi connectivity index (χ0n) is 11.8. The first-order chi connectivity index (χ1) is 9.04. The number of alkyl halides is 1. The first kappa shape index (κ1) is 12.9. The van der Waals surface area contributed by atoms with Gasteiger partial charge < -0.3 is 4.57 Å². The Morgan fingerprint density at radius 1 is 1.47 bits per heavy atom. The number of pyridine rings is 1. The highest BCUT2D eigenvalue weighted by atomic mass is 35.5. The summed E-state index contributed by atoms with van der Waals surface area (Å²) in [6, 6.07) is 2.47. The molecule has 0 spiro atoms. The van der Waals surface area contributed by atoms with Crippen molar-refractivity contribution in [1.29, 1.82) is 0 Å². The summed E-state index contributed by atoms with van der Waals surface area (Å²) in [5.41, 5.74) is 3.46. The van der Waals surface area contributed by atoms with Crippen molar-refractivity contribution in [3.05, 3.63) is 23.7 Å². The SMILES string of the molecule is Cc1ccnc2c1nc(CCl)n2C1CCCC1(C)C. The maximum atomic E-state index is 6.12. The van der Waals surface area contributed by atoms with Crippen molar-refractivity contribution < 1.29 is 0 Å². The Balaban J connectivity index is 2.25. The zero-order valence-corrected chi connectivity index (χ0v) is 12.5. The molecule has 0 N–H and O–H groups in total. The number of rotatable bonds is 2. The zero-order chi connectivity index (χ0) is 13.6. The minimum atomic E-state index is 0.292. The molecular weight excluding hydrogens is 258 g/mol. The Hall–Kier alpha value is -1.09. The van der Waals surface area contributed by atoms with Gasteiger partial charge in [0.05, 0.1) is 5.88 Å². The number of hydrogen-bond donors (Lipinski definition) is 0. The van der Waals surface area contributed by atoms with E-state index in [4.69, 9.17) is 16.6 Å². The Morgan fingerprint density at radius 3 is 2.89 bits per heavy atom. The van der Waals surface area contributed by atoms with Crippen molar-refractivity contribution in [2.75, 3.05) is 0 Å². The molecule has 3 nitrogen and oxygen atoms in total. The predicted molar refractivity (Wildman–Crippen MR) is 78.5 cm³/mol. The van der Waals surface area contributed by atoms with Crippen LogP contribution < -0.4 is 0 Å². The molecular formula is C15H20ClN3. The Bertz CT molecular complexity index is 615. The number of halogens is 1. The molecule has 1 fully saturated rings. The molecule has 1 unspecified atom stereocenters. The third-order valence-corrected chi connectivity index (χ3v) is 4.72. The van der Waals surface area contributed by atoms with Crippen molar-refractivity contribution in [1.82, 2.24) is 14.5 Å². The second-order valence-electron chi connectivity index (χ2n) is 6.23. The highest BCUT2D eigenvalue weighted by Gasteiger charge is 2.37. The quantitative estimate of drug-likeness (QED) is 0.769. The number of imidazole rings is 1. The molecule has 1 saturated carbocycles. The van der Waals surface area contributed by atoms with E-state index >= 15 is 0 Å². The summed E-state index contributed by atoms with van der Waals surface area (Å²) < 4.78 is 2.29. The second-order valence-corrected chi connectivity index (χ2v) is 6.50. The van der Waals surface area contributed by atoms with Crippen molar-refractivity contribution in [3.63, 3.8) is 0 Å². The van der Waals surface area contributed by atoms with Crippen LogP contribution in [0.1, 0.15) is 50.5 Å². The molecule has 2 heterocycles. The van der Waals surface area contributed by atoms with E-state index in [9.17, 15) is 0 Å². The lowest BCUT2D eigenvalue weighted by molar-refractivity contribution is 0.261. The molecule has 0 aromatic carbocycles. The lowest BCUT2D eigenvalue weighted by atomic mass is 9.87. The molecule has 0 amide bonds. The molecule has 2 aromatic rings. The summed E-state index contributed by atoms with van der Waals surface area (Å²) in [5, 5.41) is 0. The first-order valence-electron chi connectivity index (χ1n) is 6.93.